The van der Waals surface area contributed by atoms with Crippen LogP contribution in [-0.4, -0.2) is 24.0 Å². The number of aromatic nitrogens is 1. The van der Waals surface area contributed by atoms with E-state index in [4.69, 9.17) is 16.5 Å². The van der Waals surface area contributed by atoms with Crippen molar-refractivity contribution in [2.45, 2.75) is 19.4 Å². The fourth-order valence-electron chi connectivity index (χ4n) is 2.95. The maximum Gasteiger partial charge on any atom is 0.220 e. The summed E-state index contributed by atoms with van der Waals surface area (Å²) >= 11 is 0. The number of fused-ring (bicyclic) bond motifs is 1. The molecule has 1 aromatic carbocycles. The largest absolute Gasteiger partial charge is 0.369 e. The number of nitrogens with zero attached hydrogens (tertiary/aromatic N) is 2. The molecule has 0 radical (unpaired) electrons. The second-order valence-corrected chi connectivity index (χ2v) is 5.53. The Morgan fingerprint density at radius 1 is 1.29 bits per heavy atom. The molecule has 1 aliphatic rings. The summed E-state index contributed by atoms with van der Waals surface area (Å²) in [6.45, 7) is 2.06. The van der Waals surface area contributed by atoms with Crippen molar-refractivity contribution in [2.24, 2.45) is 17.4 Å². The molecule has 1 fully saturated rings. The molecule has 0 saturated carbocycles. The van der Waals surface area contributed by atoms with Crippen molar-refractivity contribution >= 4 is 22.6 Å². The van der Waals surface area contributed by atoms with Crippen LogP contribution in [0.2, 0.25) is 0 Å². The minimum atomic E-state index is -0.194. The van der Waals surface area contributed by atoms with Gasteiger partial charge in [-0.3, -0.25) is 4.79 Å². The lowest BCUT2D eigenvalue weighted by atomic mass is 9.96. The Labute approximate surface area is 123 Å². The van der Waals surface area contributed by atoms with Gasteiger partial charge in [0, 0.05) is 36.5 Å². The molecule has 110 valence electrons. The molecular weight excluding hydrogens is 264 g/mol. The normalized spacial score (nSPS) is 16.3. The van der Waals surface area contributed by atoms with Gasteiger partial charge in [0.15, 0.2) is 0 Å². The van der Waals surface area contributed by atoms with Gasteiger partial charge in [-0.15, -0.1) is 0 Å². The summed E-state index contributed by atoms with van der Waals surface area (Å²) in [5, 5.41) is 1.11. The predicted molar refractivity (Wildman–Crippen MR) is 83.8 cm³/mol. The predicted octanol–water partition coefficient (Wildman–Crippen LogP) is 1.40. The highest BCUT2D eigenvalue weighted by Crippen LogP contribution is 2.27. The van der Waals surface area contributed by atoms with Crippen molar-refractivity contribution in [1.82, 2.24) is 4.98 Å². The molecule has 5 heteroatoms. The van der Waals surface area contributed by atoms with Crippen LogP contribution in [0.1, 0.15) is 18.4 Å². The van der Waals surface area contributed by atoms with Crippen LogP contribution in [0.25, 0.3) is 10.9 Å². The number of hydrogen-bond acceptors (Lipinski definition) is 4. The lowest BCUT2D eigenvalue weighted by Crippen LogP contribution is -2.39. The maximum atomic E-state index is 11.3. The van der Waals surface area contributed by atoms with Crippen molar-refractivity contribution in [3.63, 3.8) is 0 Å². The Morgan fingerprint density at radius 3 is 2.67 bits per heavy atom. The van der Waals surface area contributed by atoms with Crippen LogP contribution >= 0.6 is 0 Å². The summed E-state index contributed by atoms with van der Waals surface area (Å²) in [6.07, 6.45) is 1.57. The Hall–Kier alpha value is -2.14. The summed E-state index contributed by atoms with van der Waals surface area (Å²) in [5.41, 5.74) is 13.3. The molecule has 0 bridgehead atoms. The third kappa shape index (κ3) is 2.69. The van der Waals surface area contributed by atoms with Crippen LogP contribution in [-0.2, 0) is 11.3 Å². The maximum absolute atomic E-state index is 11.3. The molecule has 0 aliphatic carbocycles. The van der Waals surface area contributed by atoms with Gasteiger partial charge in [-0.2, -0.15) is 0 Å². The molecule has 5 nitrogen and oxygen atoms in total. The Morgan fingerprint density at radius 2 is 2.00 bits per heavy atom. The second kappa shape index (κ2) is 5.69. The number of benzene rings is 1. The number of piperidine rings is 1. The minimum Gasteiger partial charge on any atom is -0.369 e. The van der Waals surface area contributed by atoms with E-state index in [1.165, 1.54) is 0 Å². The molecule has 3 rings (SSSR count). The first-order chi connectivity index (χ1) is 10.2. The summed E-state index contributed by atoms with van der Waals surface area (Å²) in [5.74, 6) is 0.738. The first kappa shape index (κ1) is 13.8. The van der Waals surface area contributed by atoms with Gasteiger partial charge in [0.2, 0.25) is 5.91 Å². The number of hydrogen-bond donors (Lipinski definition) is 2. The topological polar surface area (TPSA) is 85.2 Å². The highest BCUT2D eigenvalue weighted by molar-refractivity contribution is 5.82. The molecular formula is C16H20N4O. The summed E-state index contributed by atoms with van der Waals surface area (Å²) in [6, 6.07) is 10.2. The first-order valence-corrected chi connectivity index (χ1v) is 7.32. The Bertz CT molecular complexity index is 662. The summed E-state index contributed by atoms with van der Waals surface area (Å²) in [7, 11) is 0. The molecule has 1 aromatic heterocycles. The Balaban J connectivity index is 1.91. The van der Waals surface area contributed by atoms with E-state index in [9.17, 15) is 4.79 Å². The average Bonchev–Trinajstić information content (AvgIpc) is 2.53. The van der Waals surface area contributed by atoms with Gasteiger partial charge in [0.05, 0.1) is 5.52 Å². The molecule has 0 unspecified atom stereocenters. The van der Waals surface area contributed by atoms with E-state index in [1.54, 1.807) is 0 Å². The molecule has 1 amide bonds. The molecule has 1 aliphatic heterocycles. The van der Waals surface area contributed by atoms with Gasteiger partial charge in [-0.1, -0.05) is 18.2 Å². The van der Waals surface area contributed by atoms with E-state index >= 15 is 0 Å². The van der Waals surface area contributed by atoms with E-state index in [-0.39, 0.29) is 11.8 Å². The molecule has 0 atom stereocenters. The van der Waals surface area contributed by atoms with E-state index in [0.717, 1.165) is 48.2 Å². The summed E-state index contributed by atoms with van der Waals surface area (Å²) < 4.78 is 0. The molecule has 0 spiro atoms. The second-order valence-electron chi connectivity index (χ2n) is 5.53. The number of carbonyl (C=O) groups is 1. The van der Waals surface area contributed by atoms with Crippen LogP contribution in [0.3, 0.4) is 0 Å². The minimum absolute atomic E-state index is 0.0111. The smallest absolute Gasteiger partial charge is 0.220 e. The monoisotopic (exact) mass is 284 g/mol. The zero-order valence-corrected chi connectivity index (χ0v) is 12.0. The van der Waals surface area contributed by atoms with Gasteiger partial charge < -0.3 is 16.4 Å². The number of primary amides is 1. The SMILES string of the molecule is NCc1cc2ccccc2nc1N1CCC(C(N)=O)CC1. The molecule has 4 N–H and O–H groups in total. The van der Waals surface area contributed by atoms with Gasteiger partial charge in [-0.05, 0) is 25.0 Å². The van der Waals surface area contributed by atoms with Gasteiger partial charge in [-0.25, -0.2) is 4.98 Å². The fourth-order valence-corrected chi connectivity index (χ4v) is 2.95. The quantitative estimate of drug-likeness (QED) is 0.892. The highest BCUT2D eigenvalue weighted by atomic mass is 16.1. The van der Waals surface area contributed by atoms with Crippen molar-refractivity contribution < 1.29 is 4.79 Å². The van der Waals surface area contributed by atoms with Crippen molar-refractivity contribution in [3.8, 4) is 0 Å². The van der Waals surface area contributed by atoms with E-state index < -0.39 is 0 Å². The number of anilines is 1. The zero-order valence-electron chi connectivity index (χ0n) is 12.0. The van der Waals surface area contributed by atoms with Gasteiger partial charge in [0.25, 0.3) is 0 Å². The molecule has 2 aromatic rings. The van der Waals surface area contributed by atoms with Gasteiger partial charge >= 0.3 is 0 Å². The van der Waals surface area contributed by atoms with Crippen LogP contribution in [0.4, 0.5) is 5.82 Å². The van der Waals surface area contributed by atoms with Crippen LogP contribution in [0, 0.1) is 5.92 Å². The number of rotatable bonds is 3. The molecule has 21 heavy (non-hydrogen) atoms. The first-order valence-electron chi connectivity index (χ1n) is 7.32. The van der Waals surface area contributed by atoms with Crippen LogP contribution in [0.5, 0.6) is 0 Å². The van der Waals surface area contributed by atoms with Crippen LogP contribution in [0.15, 0.2) is 30.3 Å². The number of nitrogens with two attached hydrogens (primary N) is 2. The Kier molecular flexibility index (Phi) is 3.75. The fraction of sp³-hybridized carbons (Fsp3) is 0.375. The zero-order chi connectivity index (χ0) is 14.8. The lowest BCUT2D eigenvalue weighted by Gasteiger charge is -2.32. The lowest BCUT2D eigenvalue weighted by molar-refractivity contribution is -0.122. The molecule has 2 heterocycles. The number of amides is 1. The van der Waals surface area contributed by atoms with Gasteiger partial charge in [0.1, 0.15) is 5.82 Å². The van der Waals surface area contributed by atoms with Crippen molar-refractivity contribution in [2.75, 3.05) is 18.0 Å². The van der Waals surface area contributed by atoms with Crippen molar-refractivity contribution in [3.05, 3.63) is 35.9 Å². The third-order valence-corrected chi connectivity index (χ3v) is 4.20. The van der Waals surface area contributed by atoms with E-state index in [0.29, 0.717) is 6.54 Å². The van der Waals surface area contributed by atoms with E-state index in [1.807, 2.05) is 24.3 Å². The standard InChI is InChI=1S/C16H20N4O/c17-10-13-9-12-3-1-2-4-14(12)19-16(13)20-7-5-11(6-8-20)15(18)21/h1-4,9,11H,5-8,10,17H2,(H2,18,21). The van der Waals surface area contributed by atoms with E-state index in [2.05, 4.69) is 11.0 Å². The number of carbonyl (C=O) groups excluding carboxylic acids is 1. The number of para-hydroxylation sites is 1. The van der Waals surface area contributed by atoms with Crippen molar-refractivity contribution in [1.29, 1.82) is 0 Å². The average molecular weight is 284 g/mol. The molecule has 1 saturated heterocycles. The number of pyridine rings is 1. The third-order valence-electron chi connectivity index (χ3n) is 4.20. The van der Waals surface area contributed by atoms with Crippen LogP contribution < -0.4 is 16.4 Å². The highest BCUT2D eigenvalue weighted by Gasteiger charge is 2.25. The summed E-state index contributed by atoms with van der Waals surface area (Å²) in [4.78, 5) is 18.2.